The standard InChI is InChI=1S/C14H20N2O2/c1-4-12(5-2)15-16-14(17)10-18-13-8-6-11(3)7-9-13/h6-9H,4-5,10H2,1-3H3,(H,16,17). The first-order chi connectivity index (χ1) is 8.65. The van der Waals surface area contributed by atoms with Crippen molar-refractivity contribution < 1.29 is 9.53 Å². The van der Waals surface area contributed by atoms with E-state index in [1.54, 1.807) is 0 Å². The second-order valence-corrected chi connectivity index (χ2v) is 4.02. The molecule has 1 amide bonds. The molecule has 0 bridgehead atoms. The van der Waals surface area contributed by atoms with Crippen LogP contribution in [-0.2, 0) is 4.79 Å². The number of rotatable bonds is 6. The number of ether oxygens (including phenoxy) is 1. The van der Waals surface area contributed by atoms with Crippen LogP contribution in [0, 0.1) is 6.92 Å². The average Bonchev–Trinajstić information content (AvgIpc) is 2.39. The van der Waals surface area contributed by atoms with Crippen LogP contribution in [0.2, 0.25) is 0 Å². The van der Waals surface area contributed by atoms with Crippen molar-refractivity contribution in [1.82, 2.24) is 5.43 Å². The molecule has 0 saturated heterocycles. The molecule has 4 nitrogen and oxygen atoms in total. The summed E-state index contributed by atoms with van der Waals surface area (Å²) in [4.78, 5) is 11.5. The van der Waals surface area contributed by atoms with Gasteiger partial charge >= 0.3 is 0 Å². The Morgan fingerprint density at radius 3 is 2.39 bits per heavy atom. The third kappa shape index (κ3) is 4.99. The van der Waals surface area contributed by atoms with Crippen LogP contribution in [0.25, 0.3) is 0 Å². The van der Waals surface area contributed by atoms with Crippen molar-refractivity contribution >= 4 is 11.6 Å². The molecule has 98 valence electrons. The summed E-state index contributed by atoms with van der Waals surface area (Å²) in [5.74, 6) is 0.445. The average molecular weight is 248 g/mol. The number of carbonyl (C=O) groups excluding carboxylic acids is 1. The zero-order chi connectivity index (χ0) is 13.4. The number of nitrogens with zero attached hydrogens (tertiary/aromatic N) is 1. The Morgan fingerprint density at radius 1 is 1.22 bits per heavy atom. The third-order valence-electron chi connectivity index (χ3n) is 2.55. The monoisotopic (exact) mass is 248 g/mol. The van der Waals surface area contributed by atoms with Gasteiger partial charge in [-0.05, 0) is 31.9 Å². The summed E-state index contributed by atoms with van der Waals surface area (Å²) in [7, 11) is 0. The van der Waals surface area contributed by atoms with Gasteiger partial charge in [0.25, 0.3) is 5.91 Å². The molecule has 0 aliphatic rings. The number of aryl methyl sites for hydroxylation is 1. The largest absolute Gasteiger partial charge is 0.484 e. The van der Waals surface area contributed by atoms with Gasteiger partial charge in [-0.25, -0.2) is 5.43 Å². The maximum absolute atomic E-state index is 11.5. The van der Waals surface area contributed by atoms with Gasteiger partial charge in [-0.2, -0.15) is 5.10 Å². The SMILES string of the molecule is CCC(CC)=NNC(=O)COc1ccc(C)cc1. The fourth-order valence-electron chi connectivity index (χ4n) is 1.37. The summed E-state index contributed by atoms with van der Waals surface area (Å²) in [6.45, 7) is 6.00. The Bertz CT molecular complexity index is 404. The second-order valence-electron chi connectivity index (χ2n) is 4.02. The van der Waals surface area contributed by atoms with Crippen molar-refractivity contribution in [3.8, 4) is 5.75 Å². The second kappa shape index (κ2) is 7.48. The fraction of sp³-hybridized carbons (Fsp3) is 0.429. The molecule has 18 heavy (non-hydrogen) atoms. The molecule has 1 aromatic carbocycles. The number of hydrogen-bond acceptors (Lipinski definition) is 3. The highest BCUT2D eigenvalue weighted by molar-refractivity contribution is 5.86. The third-order valence-corrected chi connectivity index (χ3v) is 2.55. The van der Waals surface area contributed by atoms with Crippen LogP contribution in [0.5, 0.6) is 5.75 Å². The molecule has 0 aromatic heterocycles. The predicted octanol–water partition coefficient (Wildman–Crippen LogP) is 2.67. The number of benzene rings is 1. The Kier molecular flexibility index (Phi) is 5.91. The normalized spacial score (nSPS) is 9.72. The van der Waals surface area contributed by atoms with Crippen molar-refractivity contribution in [2.24, 2.45) is 5.10 Å². The lowest BCUT2D eigenvalue weighted by Gasteiger charge is -2.06. The number of amides is 1. The van der Waals surface area contributed by atoms with E-state index in [2.05, 4.69) is 10.5 Å². The summed E-state index contributed by atoms with van der Waals surface area (Å²) < 4.78 is 5.34. The topological polar surface area (TPSA) is 50.7 Å². The molecule has 1 rings (SSSR count). The minimum Gasteiger partial charge on any atom is -0.484 e. The lowest BCUT2D eigenvalue weighted by molar-refractivity contribution is -0.123. The first-order valence-corrected chi connectivity index (χ1v) is 6.19. The molecule has 4 heteroatoms. The first kappa shape index (κ1) is 14.2. The van der Waals surface area contributed by atoms with E-state index < -0.39 is 0 Å². The number of hydrogen-bond donors (Lipinski definition) is 1. The summed E-state index contributed by atoms with van der Waals surface area (Å²) >= 11 is 0. The molecule has 0 radical (unpaired) electrons. The summed E-state index contributed by atoms with van der Waals surface area (Å²) in [5.41, 5.74) is 4.62. The van der Waals surface area contributed by atoms with Crippen LogP contribution in [-0.4, -0.2) is 18.2 Å². The Balaban J connectivity index is 2.37. The van der Waals surface area contributed by atoms with Crippen LogP contribution < -0.4 is 10.2 Å². The summed E-state index contributed by atoms with van der Waals surface area (Å²) in [6, 6.07) is 7.57. The van der Waals surface area contributed by atoms with Crippen LogP contribution in [0.1, 0.15) is 32.3 Å². The molecule has 0 fully saturated rings. The van der Waals surface area contributed by atoms with Crippen LogP contribution in [0.3, 0.4) is 0 Å². The van der Waals surface area contributed by atoms with Gasteiger partial charge in [0.15, 0.2) is 6.61 Å². The molecule has 0 aliphatic heterocycles. The van der Waals surface area contributed by atoms with Gasteiger partial charge in [-0.15, -0.1) is 0 Å². The van der Waals surface area contributed by atoms with E-state index in [1.807, 2.05) is 45.0 Å². The van der Waals surface area contributed by atoms with Gasteiger partial charge in [0.05, 0.1) is 0 Å². The maximum Gasteiger partial charge on any atom is 0.277 e. The zero-order valence-corrected chi connectivity index (χ0v) is 11.2. The van der Waals surface area contributed by atoms with Gasteiger partial charge in [0, 0.05) is 5.71 Å². The van der Waals surface area contributed by atoms with Gasteiger partial charge in [0.2, 0.25) is 0 Å². The van der Waals surface area contributed by atoms with Gasteiger partial charge in [-0.3, -0.25) is 4.79 Å². The highest BCUT2D eigenvalue weighted by Gasteiger charge is 2.02. The Labute approximate surface area is 108 Å². The van der Waals surface area contributed by atoms with Crippen molar-refractivity contribution in [2.45, 2.75) is 33.6 Å². The van der Waals surface area contributed by atoms with Crippen molar-refractivity contribution in [2.75, 3.05) is 6.61 Å². The van der Waals surface area contributed by atoms with E-state index in [1.165, 1.54) is 0 Å². The highest BCUT2D eigenvalue weighted by atomic mass is 16.5. The molecule has 0 heterocycles. The van der Waals surface area contributed by atoms with Crippen LogP contribution >= 0.6 is 0 Å². The first-order valence-electron chi connectivity index (χ1n) is 6.19. The van der Waals surface area contributed by atoms with E-state index in [4.69, 9.17) is 4.74 Å². The van der Waals surface area contributed by atoms with E-state index in [0.29, 0.717) is 5.75 Å². The van der Waals surface area contributed by atoms with Gasteiger partial charge < -0.3 is 4.74 Å². The van der Waals surface area contributed by atoms with E-state index >= 15 is 0 Å². The van der Waals surface area contributed by atoms with Crippen molar-refractivity contribution in [1.29, 1.82) is 0 Å². The minimum atomic E-state index is -0.241. The molecule has 0 saturated carbocycles. The summed E-state index contributed by atoms with van der Waals surface area (Å²) in [5, 5.41) is 4.02. The van der Waals surface area contributed by atoms with Gasteiger partial charge in [-0.1, -0.05) is 31.5 Å². The Hall–Kier alpha value is -1.84. The molecular formula is C14H20N2O2. The minimum absolute atomic E-state index is 0.0206. The van der Waals surface area contributed by atoms with Crippen molar-refractivity contribution in [3.63, 3.8) is 0 Å². The van der Waals surface area contributed by atoms with Gasteiger partial charge in [0.1, 0.15) is 5.75 Å². The van der Waals surface area contributed by atoms with E-state index in [-0.39, 0.29) is 12.5 Å². The molecule has 0 spiro atoms. The molecule has 0 unspecified atom stereocenters. The van der Waals surface area contributed by atoms with Crippen molar-refractivity contribution in [3.05, 3.63) is 29.8 Å². The lowest BCUT2D eigenvalue weighted by atomic mass is 10.2. The maximum atomic E-state index is 11.5. The van der Waals surface area contributed by atoms with Crippen LogP contribution in [0.4, 0.5) is 0 Å². The number of carbonyl (C=O) groups is 1. The molecule has 1 aromatic rings. The smallest absolute Gasteiger partial charge is 0.277 e. The number of hydrazone groups is 1. The quantitative estimate of drug-likeness (QED) is 0.621. The highest BCUT2D eigenvalue weighted by Crippen LogP contribution is 2.10. The molecule has 0 aliphatic carbocycles. The fourth-order valence-corrected chi connectivity index (χ4v) is 1.37. The number of nitrogens with one attached hydrogen (secondary N) is 1. The molecule has 1 N–H and O–H groups in total. The Morgan fingerprint density at radius 2 is 1.83 bits per heavy atom. The predicted molar refractivity (Wildman–Crippen MR) is 72.8 cm³/mol. The van der Waals surface area contributed by atoms with E-state index in [9.17, 15) is 4.79 Å². The van der Waals surface area contributed by atoms with Crippen LogP contribution in [0.15, 0.2) is 29.4 Å². The molecule has 0 atom stereocenters. The lowest BCUT2D eigenvalue weighted by Crippen LogP contribution is -2.25. The zero-order valence-electron chi connectivity index (χ0n) is 11.2. The van der Waals surface area contributed by atoms with E-state index in [0.717, 1.165) is 24.1 Å². The molecular weight excluding hydrogens is 228 g/mol. The summed E-state index contributed by atoms with van der Waals surface area (Å²) in [6.07, 6.45) is 1.69.